The Hall–Kier alpha value is -0.0800. The number of aliphatic hydroxyl groups is 1. The molecule has 2 nitrogen and oxygen atoms in total. The Kier molecular flexibility index (Phi) is 4.65. The smallest absolute Gasteiger partial charge is 0.0852 e. The molecule has 2 heteroatoms. The Balaban J connectivity index is 3.42. The third-order valence-corrected chi connectivity index (χ3v) is 1.52. The second kappa shape index (κ2) is 4.69. The molecule has 0 saturated carbocycles. The van der Waals surface area contributed by atoms with Crippen LogP contribution in [-0.4, -0.2) is 24.4 Å². The second-order valence-electron chi connectivity index (χ2n) is 3.03. The highest BCUT2D eigenvalue weighted by Crippen LogP contribution is 2.12. The van der Waals surface area contributed by atoms with Crippen molar-refractivity contribution in [3.63, 3.8) is 0 Å². The molecule has 0 aromatic heterocycles. The summed E-state index contributed by atoms with van der Waals surface area (Å²) in [6.07, 6.45) is 3.02. The molecule has 0 spiro atoms. The molecule has 0 aromatic carbocycles. The zero-order valence-corrected chi connectivity index (χ0v) is 7.18. The quantitative estimate of drug-likeness (QED) is 0.638. The van der Waals surface area contributed by atoms with Crippen molar-refractivity contribution in [2.24, 2.45) is 0 Å². The Bertz CT molecular complexity index is 79.3. The zero-order valence-electron chi connectivity index (χ0n) is 7.18. The van der Waals surface area contributed by atoms with Crippen LogP contribution in [0.1, 0.15) is 33.1 Å². The van der Waals surface area contributed by atoms with Crippen LogP contribution in [0.5, 0.6) is 0 Å². The summed E-state index contributed by atoms with van der Waals surface area (Å²) < 4.78 is 4.85. The monoisotopic (exact) mass is 146 g/mol. The summed E-state index contributed by atoms with van der Waals surface area (Å²) in [5, 5.41) is 9.52. The molecule has 1 unspecified atom stereocenters. The molecule has 0 amide bonds. The number of unbranched alkanes of at least 4 members (excludes halogenated alkanes) is 1. The van der Waals surface area contributed by atoms with E-state index in [1.165, 1.54) is 0 Å². The van der Waals surface area contributed by atoms with Gasteiger partial charge in [-0.05, 0) is 13.3 Å². The summed E-state index contributed by atoms with van der Waals surface area (Å²) in [6.45, 7) is 4.36. The predicted molar refractivity (Wildman–Crippen MR) is 42.0 cm³/mol. The van der Waals surface area contributed by atoms with E-state index >= 15 is 0 Å². The third-order valence-electron chi connectivity index (χ3n) is 1.52. The largest absolute Gasteiger partial charge is 0.388 e. The Morgan fingerprint density at radius 2 is 2.10 bits per heavy atom. The van der Waals surface area contributed by atoms with E-state index < -0.39 is 5.60 Å². The first kappa shape index (κ1) is 9.92. The van der Waals surface area contributed by atoms with E-state index in [9.17, 15) is 5.11 Å². The molecule has 0 radical (unpaired) electrons. The molecule has 0 fully saturated rings. The van der Waals surface area contributed by atoms with Crippen LogP contribution in [0, 0.1) is 0 Å². The highest BCUT2D eigenvalue weighted by atomic mass is 16.5. The fourth-order valence-corrected chi connectivity index (χ4v) is 0.941. The Morgan fingerprint density at radius 1 is 1.50 bits per heavy atom. The van der Waals surface area contributed by atoms with Crippen molar-refractivity contribution in [2.45, 2.75) is 38.7 Å². The molecule has 0 aliphatic carbocycles. The van der Waals surface area contributed by atoms with Crippen molar-refractivity contribution in [3.05, 3.63) is 0 Å². The normalized spacial score (nSPS) is 16.8. The number of ether oxygens (including phenoxy) is 1. The van der Waals surface area contributed by atoms with Gasteiger partial charge < -0.3 is 9.84 Å². The summed E-state index contributed by atoms with van der Waals surface area (Å²) in [4.78, 5) is 0. The number of methoxy groups -OCH3 is 1. The summed E-state index contributed by atoms with van der Waals surface area (Å²) >= 11 is 0. The number of hydrogen-bond donors (Lipinski definition) is 1. The summed E-state index contributed by atoms with van der Waals surface area (Å²) in [5.41, 5.74) is -0.620. The van der Waals surface area contributed by atoms with Gasteiger partial charge in [0.1, 0.15) is 0 Å². The molecule has 0 rings (SSSR count). The molecule has 1 atom stereocenters. The lowest BCUT2D eigenvalue weighted by molar-refractivity contribution is -0.0239. The van der Waals surface area contributed by atoms with Crippen LogP contribution < -0.4 is 0 Å². The first-order valence-electron chi connectivity index (χ1n) is 3.83. The minimum atomic E-state index is -0.620. The molecule has 0 aliphatic rings. The van der Waals surface area contributed by atoms with Crippen molar-refractivity contribution in [1.29, 1.82) is 0 Å². The van der Waals surface area contributed by atoms with E-state index in [-0.39, 0.29) is 0 Å². The SMILES string of the molecule is CCCCC(C)(O)COC. The Labute approximate surface area is 63.2 Å². The molecule has 0 bridgehead atoms. The lowest BCUT2D eigenvalue weighted by Crippen LogP contribution is -2.29. The van der Waals surface area contributed by atoms with Crippen molar-refractivity contribution < 1.29 is 9.84 Å². The lowest BCUT2D eigenvalue weighted by atomic mass is 10.0. The van der Waals surface area contributed by atoms with Crippen LogP contribution in [0.15, 0.2) is 0 Å². The van der Waals surface area contributed by atoms with Crippen LogP contribution >= 0.6 is 0 Å². The average molecular weight is 146 g/mol. The van der Waals surface area contributed by atoms with Gasteiger partial charge in [0.2, 0.25) is 0 Å². The first-order valence-corrected chi connectivity index (χ1v) is 3.83. The third kappa shape index (κ3) is 4.77. The van der Waals surface area contributed by atoms with Gasteiger partial charge in [0, 0.05) is 7.11 Å². The standard InChI is InChI=1S/C8H18O2/c1-4-5-6-8(2,9)7-10-3/h9H,4-7H2,1-3H3. The second-order valence-corrected chi connectivity index (χ2v) is 3.03. The van der Waals surface area contributed by atoms with Gasteiger partial charge in [0.15, 0.2) is 0 Å². The van der Waals surface area contributed by atoms with Gasteiger partial charge in [-0.15, -0.1) is 0 Å². The van der Waals surface area contributed by atoms with Crippen LogP contribution in [0.2, 0.25) is 0 Å². The molecule has 62 valence electrons. The van der Waals surface area contributed by atoms with E-state index in [4.69, 9.17) is 4.74 Å². The van der Waals surface area contributed by atoms with Gasteiger partial charge in [0.25, 0.3) is 0 Å². The van der Waals surface area contributed by atoms with Crippen LogP contribution in [-0.2, 0) is 4.74 Å². The summed E-state index contributed by atoms with van der Waals surface area (Å²) in [7, 11) is 1.61. The predicted octanol–water partition coefficient (Wildman–Crippen LogP) is 1.57. The van der Waals surface area contributed by atoms with E-state index in [0.717, 1.165) is 19.3 Å². The van der Waals surface area contributed by atoms with E-state index in [2.05, 4.69) is 6.92 Å². The van der Waals surface area contributed by atoms with E-state index in [1.54, 1.807) is 7.11 Å². The van der Waals surface area contributed by atoms with Gasteiger partial charge in [-0.2, -0.15) is 0 Å². The van der Waals surface area contributed by atoms with Crippen molar-refractivity contribution in [2.75, 3.05) is 13.7 Å². The van der Waals surface area contributed by atoms with Crippen LogP contribution in [0.25, 0.3) is 0 Å². The number of hydrogen-bond acceptors (Lipinski definition) is 2. The van der Waals surface area contributed by atoms with Crippen molar-refractivity contribution >= 4 is 0 Å². The fourth-order valence-electron chi connectivity index (χ4n) is 0.941. The maximum absolute atomic E-state index is 9.52. The minimum absolute atomic E-state index is 0.438. The summed E-state index contributed by atoms with van der Waals surface area (Å²) in [5.74, 6) is 0. The highest BCUT2D eigenvalue weighted by molar-refractivity contribution is 4.70. The molecule has 0 heterocycles. The van der Waals surface area contributed by atoms with Gasteiger partial charge in [0.05, 0.1) is 12.2 Å². The van der Waals surface area contributed by atoms with E-state index in [0.29, 0.717) is 6.61 Å². The summed E-state index contributed by atoms with van der Waals surface area (Å²) in [6, 6.07) is 0. The number of rotatable bonds is 5. The molecule has 0 saturated heterocycles. The molecule has 1 N–H and O–H groups in total. The zero-order chi connectivity index (χ0) is 8.04. The van der Waals surface area contributed by atoms with Gasteiger partial charge >= 0.3 is 0 Å². The van der Waals surface area contributed by atoms with Gasteiger partial charge in [-0.25, -0.2) is 0 Å². The van der Waals surface area contributed by atoms with Crippen LogP contribution in [0.4, 0.5) is 0 Å². The highest BCUT2D eigenvalue weighted by Gasteiger charge is 2.18. The fraction of sp³-hybridized carbons (Fsp3) is 1.00. The van der Waals surface area contributed by atoms with E-state index in [1.807, 2.05) is 6.92 Å². The Morgan fingerprint density at radius 3 is 2.50 bits per heavy atom. The van der Waals surface area contributed by atoms with Crippen molar-refractivity contribution in [1.82, 2.24) is 0 Å². The molecule has 10 heavy (non-hydrogen) atoms. The van der Waals surface area contributed by atoms with Crippen molar-refractivity contribution in [3.8, 4) is 0 Å². The maximum Gasteiger partial charge on any atom is 0.0852 e. The molecular weight excluding hydrogens is 128 g/mol. The van der Waals surface area contributed by atoms with Crippen LogP contribution in [0.3, 0.4) is 0 Å². The maximum atomic E-state index is 9.52. The topological polar surface area (TPSA) is 29.5 Å². The minimum Gasteiger partial charge on any atom is -0.388 e. The molecule has 0 aliphatic heterocycles. The van der Waals surface area contributed by atoms with Gasteiger partial charge in [-0.1, -0.05) is 19.8 Å². The average Bonchev–Trinajstić information content (AvgIpc) is 1.84. The van der Waals surface area contributed by atoms with Gasteiger partial charge in [-0.3, -0.25) is 0 Å². The molecular formula is C8H18O2. The first-order chi connectivity index (χ1) is 4.62. The lowest BCUT2D eigenvalue weighted by Gasteiger charge is -2.21. The molecule has 0 aromatic rings.